The molecule has 9 heteroatoms. The minimum Gasteiger partial charge on any atom is -0.494 e. The van der Waals surface area contributed by atoms with Crippen LogP contribution in [0.2, 0.25) is 0 Å². The molecule has 4 amide bonds. The van der Waals surface area contributed by atoms with Crippen molar-refractivity contribution in [3.05, 3.63) is 18.2 Å². The highest BCUT2D eigenvalue weighted by atomic mass is 32.1. The Morgan fingerprint density at radius 2 is 2.14 bits per heavy atom. The van der Waals surface area contributed by atoms with Crippen LogP contribution in [0.25, 0.3) is 10.2 Å². The van der Waals surface area contributed by atoms with Gasteiger partial charge >= 0.3 is 6.03 Å². The number of thiazole rings is 1. The van der Waals surface area contributed by atoms with Gasteiger partial charge in [0, 0.05) is 0 Å². The summed E-state index contributed by atoms with van der Waals surface area (Å²) in [4.78, 5) is 42.8. The maximum absolute atomic E-state index is 12.7. The number of benzene rings is 1. The SMILES string of the molecule is CCOc1ccc2nc(NC(=O)CN3C(=O)N[C@](C)(CCC(C)C)C3=O)sc2c1. The van der Waals surface area contributed by atoms with Gasteiger partial charge in [-0.3, -0.25) is 14.5 Å². The van der Waals surface area contributed by atoms with Crippen LogP contribution in [0.5, 0.6) is 5.75 Å². The average molecular weight is 419 g/mol. The van der Waals surface area contributed by atoms with Crippen molar-refractivity contribution in [3.8, 4) is 5.75 Å². The van der Waals surface area contributed by atoms with Gasteiger partial charge in [0.2, 0.25) is 5.91 Å². The lowest BCUT2D eigenvalue weighted by molar-refractivity contribution is -0.133. The molecule has 0 spiro atoms. The number of imide groups is 1. The molecule has 29 heavy (non-hydrogen) atoms. The van der Waals surface area contributed by atoms with Gasteiger partial charge in [0.05, 0.1) is 16.8 Å². The Morgan fingerprint density at radius 3 is 2.83 bits per heavy atom. The van der Waals surface area contributed by atoms with E-state index in [-0.39, 0.29) is 12.5 Å². The number of hydrogen-bond donors (Lipinski definition) is 2. The van der Waals surface area contributed by atoms with E-state index in [1.54, 1.807) is 6.92 Å². The number of anilines is 1. The normalized spacial score (nSPS) is 19.1. The van der Waals surface area contributed by atoms with Crippen LogP contribution in [0, 0.1) is 5.92 Å². The third-order valence-electron chi connectivity index (χ3n) is 4.79. The fourth-order valence-corrected chi connectivity index (χ4v) is 4.07. The summed E-state index contributed by atoms with van der Waals surface area (Å²) in [7, 11) is 0. The molecule has 2 aromatic rings. The minimum absolute atomic E-state index is 0.345. The number of nitrogens with zero attached hydrogens (tertiary/aromatic N) is 2. The smallest absolute Gasteiger partial charge is 0.325 e. The van der Waals surface area contributed by atoms with Gasteiger partial charge < -0.3 is 15.4 Å². The highest BCUT2D eigenvalue weighted by molar-refractivity contribution is 7.22. The first-order chi connectivity index (χ1) is 13.7. The molecule has 0 unspecified atom stereocenters. The molecule has 3 rings (SSSR count). The van der Waals surface area contributed by atoms with Crippen molar-refractivity contribution in [2.45, 2.75) is 46.1 Å². The summed E-state index contributed by atoms with van der Waals surface area (Å²) in [6.07, 6.45) is 1.34. The average Bonchev–Trinajstić information content (AvgIpc) is 3.13. The second kappa shape index (κ2) is 8.36. The maximum atomic E-state index is 12.7. The van der Waals surface area contributed by atoms with Crippen LogP contribution in [0.1, 0.15) is 40.5 Å². The second-order valence-electron chi connectivity index (χ2n) is 7.72. The Balaban J connectivity index is 1.65. The minimum atomic E-state index is -0.965. The van der Waals surface area contributed by atoms with Gasteiger partial charge in [-0.15, -0.1) is 0 Å². The van der Waals surface area contributed by atoms with E-state index in [9.17, 15) is 14.4 Å². The molecular weight excluding hydrogens is 392 g/mol. The number of nitrogens with one attached hydrogen (secondary N) is 2. The fraction of sp³-hybridized carbons (Fsp3) is 0.500. The van der Waals surface area contributed by atoms with E-state index in [0.717, 1.165) is 27.3 Å². The summed E-state index contributed by atoms with van der Waals surface area (Å²) in [5.41, 5.74) is -0.224. The Labute approximate surface area is 173 Å². The molecule has 1 aliphatic rings. The van der Waals surface area contributed by atoms with Crippen molar-refractivity contribution in [1.29, 1.82) is 0 Å². The molecule has 156 valence electrons. The number of carbonyl (C=O) groups excluding carboxylic acids is 3. The van der Waals surface area contributed by atoms with Gasteiger partial charge in [0.15, 0.2) is 5.13 Å². The summed E-state index contributed by atoms with van der Waals surface area (Å²) in [5, 5.41) is 5.82. The lowest BCUT2D eigenvalue weighted by atomic mass is 9.92. The lowest BCUT2D eigenvalue weighted by Crippen LogP contribution is -2.44. The zero-order chi connectivity index (χ0) is 21.2. The number of urea groups is 1. The van der Waals surface area contributed by atoms with E-state index in [0.29, 0.717) is 24.1 Å². The van der Waals surface area contributed by atoms with Gasteiger partial charge in [0.25, 0.3) is 5.91 Å². The van der Waals surface area contributed by atoms with Crippen molar-refractivity contribution >= 4 is 44.5 Å². The highest BCUT2D eigenvalue weighted by Gasteiger charge is 2.47. The third-order valence-corrected chi connectivity index (χ3v) is 5.72. The molecule has 0 radical (unpaired) electrons. The molecule has 1 aliphatic heterocycles. The van der Waals surface area contributed by atoms with Crippen LogP contribution < -0.4 is 15.4 Å². The van der Waals surface area contributed by atoms with Crippen LogP contribution in [0.3, 0.4) is 0 Å². The molecule has 0 bridgehead atoms. The van der Waals surface area contributed by atoms with Crippen molar-refractivity contribution < 1.29 is 19.1 Å². The zero-order valence-electron chi connectivity index (χ0n) is 17.1. The van der Waals surface area contributed by atoms with E-state index in [4.69, 9.17) is 4.74 Å². The topological polar surface area (TPSA) is 101 Å². The fourth-order valence-electron chi connectivity index (χ4n) is 3.15. The largest absolute Gasteiger partial charge is 0.494 e. The van der Waals surface area contributed by atoms with Crippen molar-refractivity contribution in [3.63, 3.8) is 0 Å². The van der Waals surface area contributed by atoms with E-state index < -0.39 is 17.5 Å². The number of carbonyl (C=O) groups is 3. The number of ether oxygens (including phenoxy) is 1. The summed E-state index contributed by atoms with van der Waals surface area (Å²) in [6, 6.07) is 4.97. The predicted molar refractivity (Wildman–Crippen MR) is 112 cm³/mol. The van der Waals surface area contributed by atoms with Crippen LogP contribution in [0.4, 0.5) is 9.93 Å². The van der Waals surface area contributed by atoms with Crippen molar-refractivity contribution in [2.24, 2.45) is 5.92 Å². The first kappa shape index (κ1) is 21.0. The van der Waals surface area contributed by atoms with E-state index >= 15 is 0 Å². The summed E-state index contributed by atoms with van der Waals surface area (Å²) in [6.45, 7) is 7.96. The summed E-state index contributed by atoms with van der Waals surface area (Å²) in [5.74, 6) is 0.312. The van der Waals surface area contributed by atoms with Crippen LogP contribution in [-0.2, 0) is 9.59 Å². The van der Waals surface area contributed by atoms with E-state index in [1.165, 1.54) is 11.3 Å². The Kier molecular flexibility index (Phi) is 6.07. The number of rotatable bonds is 8. The Bertz CT molecular complexity index is 942. The molecule has 1 atom stereocenters. The van der Waals surface area contributed by atoms with Crippen LogP contribution >= 0.6 is 11.3 Å². The molecule has 1 fully saturated rings. The first-order valence-corrected chi connectivity index (χ1v) is 10.5. The highest BCUT2D eigenvalue weighted by Crippen LogP contribution is 2.29. The van der Waals surface area contributed by atoms with Crippen LogP contribution in [-0.4, -0.2) is 46.4 Å². The van der Waals surface area contributed by atoms with E-state index in [2.05, 4.69) is 29.5 Å². The third kappa shape index (κ3) is 4.67. The summed E-state index contributed by atoms with van der Waals surface area (Å²) >= 11 is 1.31. The van der Waals surface area contributed by atoms with Gasteiger partial charge in [-0.05, 0) is 50.8 Å². The Hall–Kier alpha value is -2.68. The molecule has 1 aromatic heterocycles. The second-order valence-corrected chi connectivity index (χ2v) is 8.75. The first-order valence-electron chi connectivity index (χ1n) is 9.69. The van der Waals surface area contributed by atoms with Crippen molar-refractivity contribution in [2.75, 3.05) is 18.5 Å². The predicted octanol–water partition coefficient (Wildman–Crippen LogP) is 3.38. The van der Waals surface area contributed by atoms with Crippen LogP contribution in [0.15, 0.2) is 18.2 Å². The standard InChI is InChI=1S/C20H26N4O4S/c1-5-28-13-6-7-14-15(10-13)29-18(21-14)22-16(25)11-24-17(26)20(4,23-19(24)27)9-8-12(2)3/h6-7,10,12H,5,8-9,11H2,1-4H3,(H,23,27)(H,21,22,25)/t20-/m1/s1. The quantitative estimate of drug-likeness (QED) is 0.640. The molecule has 2 N–H and O–H groups in total. The molecule has 1 aromatic carbocycles. The number of hydrogen-bond acceptors (Lipinski definition) is 6. The Morgan fingerprint density at radius 1 is 1.38 bits per heavy atom. The molecule has 0 saturated carbocycles. The summed E-state index contributed by atoms with van der Waals surface area (Å²) < 4.78 is 6.35. The molecular formula is C20H26N4O4S. The van der Waals surface area contributed by atoms with Gasteiger partial charge in [0.1, 0.15) is 17.8 Å². The number of aromatic nitrogens is 1. The number of fused-ring (bicyclic) bond motifs is 1. The van der Waals surface area contributed by atoms with Crippen molar-refractivity contribution in [1.82, 2.24) is 15.2 Å². The molecule has 1 saturated heterocycles. The van der Waals surface area contributed by atoms with Gasteiger partial charge in [-0.25, -0.2) is 9.78 Å². The maximum Gasteiger partial charge on any atom is 0.325 e. The van der Waals surface area contributed by atoms with Gasteiger partial charge in [-0.1, -0.05) is 25.2 Å². The molecule has 8 nitrogen and oxygen atoms in total. The van der Waals surface area contributed by atoms with Gasteiger partial charge in [-0.2, -0.15) is 0 Å². The monoisotopic (exact) mass is 418 g/mol. The number of amides is 4. The lowest BCUT2D eigenvalue weighted by Gasteiger charge is -2.22. The molecule has 0 aliphatic carbocycles. The van der Waals surface area contributed by atoms with E-state index in [1.807, 2.05) is 25.1 Å². The zero-order valence-corrected chi connectivity index (χ0v) is 17.9. The molecule has 2 heterocycles.